The van der Waals surface area contributed by atoms with Gasteiger partial charge in [-0.2, -0.15) is 0 Å². The number of nitrogens with zero attached hydrogens (tertiary/aromatic N) is 1. The standard InChI is InChI=1S/C15H14FNO4/c1-15(2)20-13(18)12(14(19)21-15)7-8-17-9-10-3-5-11(16)6-4-10/h3-8H,9H2,1-2H3. The highest BCUT2D eigenvalue weighted by Crippen LogP contribution is 2.22. The predicted molar refractivity (Wildman–Crippen MR) is 72.9 cm³/mol. The van der Waals surface area contributed by atoms with Crippen LogP contribution in [0, 0.1) is 5.82 Å². The molecule has 1 fully saturated rings. The van der Waals surface area contributed by atoms with Gasteiger partial charge in [-0.3, -0.25) is 4.99 Å². The fourth-order valence-corrected chi connectivity index (χ4v) is 1.67. The molecule has 0 atom stereocenters. The van der Waals surface area contributed by atoms with Crippen LogP contribution in [-0.2, 0) is 25.6 Å². The van der Waals surface area contributed by atoms with E-state index < -0.39 is 17.7 Å². The maximum Gasteiger partial charge on any atom is 0.348 e. The van der Waals surface area contributed by atoms with Gasteiger partial charge >= 0.3 is 11.9 Å². The SMILES string of the molecule is CC1(C)OC(=O)C(=CC=NCc2ccc(F)cc2)C(=O)O1. The Morgan fingerprint density at radius 3 is 2.29 bits per heavy atom. The molecular formula is C15H14FNO4. The fourth-order valence-electron chi connectivity index (χ4n) is 1.67. The van der Waals surface area contributed by atoms with Crippen LogP contribution in [0.4, 0.5) is 4.39 Å². The highest BCUT2D eigenvalue weighted by molar-refractivity contribution is 6.17. The Balaban J connectivity index is 2.00. The van der Waals surface area contributed by atoms with Crippen molar-refractivity contribution in [2.45, 2.75) is 26.2 Å². The molecule has 21 heavy (non-hydrogen) atoms. The van der Waals surface area contributed by atoms with E-state index >= 15 is 0 Å². The van der Waals surface area contributed by atoms with Gasteiger partial charge in [0.2, 0.25) is 0 Å². The molecule has 1 aliphatic heterocycles. The van der Waals surface area contributed by atoms with Crippen LogP contribution >= 0.6 is 0 Å². The predicted octanol–water partition coefficient (Wildman–Crippen LogP) is 2.16. The monoisotopic (exact) mass is 291 g/mol. The molecule has 1 aliphatic rings. The molecule has 1 aromatic rings. The van der Waals surface area contributed by atoms with Gasteiger partial charge < -0.3 is 9.47 Å². The molecule has 6 heteroatoms. The van der Waals surface area contributed by atoms with E-state index in [-0.39, 0.29) is 11.4 Å². The van der Waals surface area contributed by atoms with E-state index in [1.54, 1.807) is 12.1 Å². The van der Waals surface area contributed by atoms with Gasteiger partial charge in [-0.1, -0.05) is 12.1 Å². The smallest absolute Gasteiger partial charge is 0.348 e. The Morgan fingerprint density at radius 2 is 1.71 bits per heavy atom. The maximum atomic E-state index is 12.7. The summed E-state index contributed by atoms with van der Waals surface area (Å²) in [4.78, 5) is 27.3. The van der Waals surface area contributed by atoms with Gasteiger partial charge in [0.15, 0.2) is 0 Å². The van der Waals surface area contributed by atoms with E-state index in [1.165, 1.54) is 38.3 Å². The van der Waals surface area contributed by atoms with Crippen molar-refractivity contribution in [2.75, 3.05) is 0 Å². The minimum atomic E-state index is -1.25. The second-order valence-electron chi connectivity index (χ2n) is 4.88. The molecule has 0 amide bonds. The van der Waals surface area contributed by atoms with Crippen molar-refractivity contribution in [1.82, 2.24) is 0 Å². The molecule has 2 rings (SSSR count). The van der Waals surface area contributed by atoms with E-state index in [2.05, 4.69) is 4.99 Å². The summed E-state index contributed by atoms with van der Waals surface area (Å²) < 4.78 is 22.6. The molecule has 0 aromatic heterocycles. The van der Waals surface area contributed by atoms with Gasteiger partial charge in [-0.25, -0.2) is 14.0 Å². The molecule has 0 radical (unpaired) electrons. The topological polar surface area (TPSA) is 65.0 Å². The quantitative estimate of drug-likeness (QED) is 0.370. The van der Waals surface area contributed by atoms with Crippen LogP contribution in [0.15, 0.2) is 40.9 Å². The first-order chi connectivity index (χ1) is 9.87. The van der Waals surface area contributed by atoms with Crippen molar-refractivity contribution in [3.8, 4) is 0 Å². The highest BCUT2D eigenvalue weighted by atomic mass is 19.1. The number of halogens is 1. The summed E-state index contributed by atoms with van der Waals surface area (Å²) in [6, 6.07) is 5.87. The summed E-state index contributed by atoms with van der Waals surface area (Å²) in [6.07, 6.45) is 2.56. The van der Waals surface area contributed by atoms with E-state index in [0.29, 0.717) is 6.54 Å². The van der Waals surface area contributed by atoms with Gasteiger partial charge in [0, 0.05) is 20.1 Å². The number of cyclic esters (lactones) is 2. The van der Waals surface area contributed by atoms with E-state index in [1.807, 2.05) is 0 Å². The number of rotatable bonds is 3. The largest absolute Gasteiger partial charge is 0.419 e. The molecule has 1 saturated heterocycles. The lowest BCUT2D eigenvalue weighted by molar-refractivity contribution is -0.222. The van der Waals surface area contributed by atoms with Gasteiger partial charge in [-0.05, 0) is 23.8 Å². The first-order valence-electron chi connectivity index (χ1n) is 6.29. The maximum absolute atomic E-state index is 12.7. The number of hydrogen-bond donors (Lipinski definition) is 0. The summed E-state index contributed by atoms with van der Waals surface area (Å²) in [5, 5.41) is 0. The number of carbonyl (C=O) groups is 2. The van der Waals surface area contributed by atoms with Crippen LogP contribution in [0.25, 0.3) is 0 Å². The zero-order chi connectivity index (χ0) is 15.5. The summed E-state index contributed by atoms with van der Waals surface area (Å²) in [7, 11) is 0. The summed E-state index contributed by atoms with van der Waals surface area (Å²) in [6.45, 7) is 3.25. The van der Waals surface area contributed by atoms with Crippen molar-refractivity contribution < 1.29 is 23.5 Å². The first-order valence-corrected chi connectivity index (χ1v) is 6.29. The third-order valence-electron chi connectivity index (χ3n) is 2.65. The zero-order valence-electron chi connectivity index (χ0n) is 11.6. The lowest BCUT2D eigenvalue weighted by Crippen LogP contribution is -2.41. The summed E-state index contributed by atoms with van der Waals surface area (Å²) in [5.41, 5.74) is 0.596. The minimum Gasteiger partial charge on any atom is -0.419 e. The third-order valence-corrected chi connectivity index (χ3v) is 2.65. The lowest BCUT2D eigenvalue weighted by atomic mass is 10.2. The Kier molecular flexibility index (Phi) is 4.16. The Labute approximate surface area is 121 Å². The minimum absolute atomic E-state index is 0.211. The number of ether oxygens (including phenoxy) is 2. The van der Waals surface area contributed by atoms with Crippen LogP contribution in [0.3, 0.4) is 0 Å². The van der Waals surface area contributed by atoms with Crippen molar-refractivity contribution in [3.05, 3.63) is 47.3 Å². The number of benzene rings is 1. The number of carbonyl (C=O) groups excluding carboxylic acids is 2. The van der Waals surface area contributed by atoms with E-state index in [0.717, 1.165) is 5.56 Å². The van der Waals surface area contributed by atoms with Crippen molar-refractivity contribution in [1.29, 1.82) is 0 Å². The molecule has 110 valence electrons. The molecule has 0 spiro atoms. The lowest BCUT2D eigenvalue weighted by Gasteiger charge is -2.29. The highest BCUT2D eigenvalue weighted by Gasteiger charge is 2.38. The zero-order valence-corrected chi connectivity index (χ0v) is 11.6. The van der Waals surface area contributed by atoms with Crippen LogP contribution in [0.5, 0.6) is 0 Å². The van der Waals surface area contributed by atoms with Crippen LogP contribution < -0.4 is 0 Å². The van der Waals surface area contributed by atoms with Gasteiger partial charge in [0.05, 0.1) is 6.54 Å². The van der Waals surface area contributed by atoms with Gasteiger partial charge in [0.25, 0.3) is 5.79 Å². The average Bonchev–Trinajstić information content (AvgIpc) is 2.38. The second-order valence-corrected chi connectivity index (χ2v) is 4.88. The van der Waals surface area contributed by atoms with Crippen molar-refractivity contribution in [3.63, 3.8) is 0 Å². The molecule has 0 unspecified atom stereocenters. The molecule has 0 aliphatic carbocycles. The molecule has 5 nitrogen and oxygen atoms in total. The number of aliphatic imine (C=N–C) groups is 1. The number of allylic oxidation sites excluding steroid dienone is 1. The summed E-state index contributed by atoms with van der Waals surface area (Å²) in [5.74, 6) is -3.06. The van der Waals surface area contributed by atoms with Crippen molar-refractivity contribution in [2.24, 2.45) is 4.99 Å². The molecule has 1 heterocycles. The Morgan fingerprint density at radius 1 is 1.14 bits per heavy atom. The van der Waals surface area contributed by atoms with E-state index in [4.69, 9.17) is 9.47 Å². The number of hydrogen-bond acceptors (Lipinski definition) is 5. The van der Waals surface area contributed by atoms with Gasteiger partial charge in [-0.15, -0.1) is 0 Å². The Hall–Kier alpha value is -2.50. The Bertz CT molecular complexity index is 595. The second kappa shape index (κ2) is 5.87. The third kappa shape index (κ3) is 3.98. The summed E-state index contributed by atoms with van der Waals surface area (Å²) >= 11 is 0. The van der Waals surface area contributed by atoms with E-state index in [9.17, 15) is 14.0 Å². The first kappa shape index (κ1) is 14.9. The molecule has 0 N–H and O–H groups in total. The fraction of sp³-hybridized carbons (Fsp3) is 0.267. The van der Waals surface area contributed by atoms with Crippen LogP contribution in [0.1, 0.15) is 19.4 Å². The number of esters is 2. The molecular weight excluding hydrogens is 277 g/mol. The van der Waals surface area contributed by atoms with Crippen LogP contribution in [0.2, 0.25) is 0 Å². The molecule has 1 aromatic carbocycles. The average molecular weight is 291 g/mol. The van der Waals surface area contributed by atoms with Crippen LogP contribution in [-0.4, -0.2) is 23.9 Å². The van der Waals surface area contributed by atoms with Crippen molar-refractivity contribution >= 4 is 18.2 Å². The van der Waals surface area contributed by atoms with Gasteiger partial charge in [0.1, 0.15) is 11.4 Å². The molecule has 0 saturated carbocycles. The normalized spacial score (nSPS) is 17.6. The molecule has 0 bridgehead atoms.